The number of hydrogen-bond acceptors (Lipinski definition) is 9. The third-order valence-corrected chi connectivity index (χ3v) is 7.34. The number of fused-ring (bicyclic) bond motifs is 1. The molecule has 3 N–H and O–H groups in total. The van der Waals surface area contributed by atoms with Crippen LogP contribution in [0.4, 0.5) is 42.0 Å². The van der Waals surface area contributed by atoms with Crippen molar-refractivity contribution < 1.29 is 31.9 Å². The zero-order valence-corrected chi connectivity index (χ0v) is 23.2. The molecule has 0 saturated carbocycles. The molecule has 0 spiro atoms. The Balaban J connectivity index is 1.45. The predicted molar refractivity (Wildman–Crippen MR) is 147 cm³/mol. The van der Waals surface area contributed by atoms with Crippen molar-refractivity contribution in [3.8, 4) is 0 Å². The van der Waals surface area contributed by atoms with Crippen molar-refractivity contribution in [2.45, 2.75) is 19.3 Å². The van der Waals surface area contributed by atoms with Crippen LogP contribution in [0.15, 0.2) is 42.6 Å². The van der Waals surface area contributed by atoms with Crippen LogP contribution < -0.4 is 15.5 Å². The van der Waals surface area contributed by atoms with Crippen molar-refractivity contribution in [1.82, 2.24) is 19.8 Å². The van der Waals surface area contributed by atoms with Gasteiger partial charge in [-0.25, -0.2) is 4.98 Å². The first-order valence-corrected chi connectivity index (χ1v) is 13.8. The number of anilines is 5. The van der Waals surface area contributed by atoms with Gasteiger partial charge in [-0.15, -0.1) is 9.42 Å². The van der Waals surface area contributed by atoms with Crippen molar-refractivity contribution in [3.05, 3.63) is 64.8 Å². The van der Waals surface area contributed by atoms with E-state index in [0.717, 1.165) is 37.4 Å². The molecule has 0 aliphatic carbocycles. The van der Waals surface area contributed by atoms with Gasteiger partial charge < -0.3 is 25.3 Å². The maximum Gasteiger partial charge on any atom is 0.695 e. The number of alkyl halides is 3. The van der Waals surface area contributed by atoms with Crippen LogP contribution in [0.1, 0.15) is 27.0 Å². The van der Waals surface area contributed by atoms with Crippen LogP contribution in [0.25, 0.3) is 0 Å². The molecule has 15 heteroatoms. The molecule has 1 atom stereocenters. The van der Waals surface area contributed by atoms with Crippen LogP contribution in [0, 0.1) is 0 Å². The maximum absolute atomic E-state index is 14.0. The number of carbonyl (C=O) groups is 1. The second kappa shape index (κ2) is 11.6. The standard InChI is InChI=1S/C26H27F3N7O4P/c1-34-9-11-36(12-10-34)21-8-7-20(22-18(21)14-35(2)24(22)37)32-23-19(26(27,28)29)13-30-25(33-23)31-17-5-3-16(4-6-17)15-40-41(38)39/h3-8,13H,9-12,14-15H2,1-2H3,(H2-,30,31,32,33,37,38,39)/p+1. The van der Waals surface area contributed by atoms with E-state index >= 15 is 0 Å². The molecule has 0 radical (unpaired) electrons. The Labute approximate surface area is 234 Å². The van der Waals surface area contributed by atoms with Crippen molar-refractivity contribution in [1.29, 1.82) is 0 Å². The van der Waals surface area contributed by atoms with Gasteiger partial charge in [0.05, 0.1) is 11.3 Å². The summed E-state index contributed by atoms with van der Waals surface area (Å²) in [6.45, 7) is 3.56. The van der Waals surface area contributed by atoms with Gasteiger partial charge in [-0.05, 0) is 36.9 Å². The summed E-state index contributed by atoms with van der Waals surface area (Å²) in [7, 11) is 0.970. The quantitative estimate of drug-likeness (QED) is 0.324. The molecule has 2 aliphatic rings. The molecule has 1 unspecified atom stereocenters. The predicted octanol–water partition coefficient (Wildman–Crippen LogP) is 4.49. The van der Waals surface area contributed by atoms with Crippen molar-refractivity contribution in [2.75, 3.05) is 55.8 Å². The van der Waals surface area contributed by atoms with Gasteiger partial charge >= 0.3 is 14.4 Å². The fourth-order valence-electron chi connectivity index (χ4n) is 4.80. The number of piperazine rings is 1. The third kappa shape index (κ3) is 6.41. The lowest BCUT2D eigenvalue weighted by Crippen LogP contribution is -2.44. The van der Waals surface area contributed by atoms with E-state index in [4.69, 9.17) is 4.89 Å². The Morgan fingerprint density at radius 1 is 1.05 bits per heavy atom. The summed E-state index contributed by atoms with van der Waals surface area (Å²) in [4.78, 5) is 35.8. The highest BCUT2D eigenvalue weighted by atomic mass is 31.1. The molecule has 11 nitrogen and oxygen atoms in total. The van der Waals surface area contributed by atoms with E-state index in [9.17, 15) is 22.5 Å². The van der Waals surface area contributed by atoms with Crippen LogP contribution in [0.5, 0.6) is 0 Å². The second-order valence-corrected chi connectivity index (χ2v) is 10.6. The van der Waals surface area contributed by atoms with E-state index in [1.807, 2.05) is 13.1 Å². The van der Waals surface area contributed by atoms with Gasteiger partial charge in [-0.2, -0.15) is 18.2 Å². The van der Waals surface area contributed by atoms with Gasteiger partial charge in [0.1, 0.15) is 18.0 Å². The molecule has 1 aromatic heterocycles. The SMILES string of the molecule is CN1CCN(c2ccc(Nc3nc(Nc4ccc(CO[P+](=O)O)cc4)ncc3C(F)(F)F)c3c2CN(C)C3=O)CC1. The average molecular weight is 591 g/mol. The van der Waals surface area contributed by atoms with Gasteiger partial charge in [-0.1, -0.05) is 12.1 Å². The lowest BCUT2D eigenvalue weighted by Gasteiger charge is -2.35. The number of hydrogen-bond donors (Lipinski definition) is 3. The van der Waals surface area contributed by atoms with Crippen molar-refractivity contribution >= 4 is 43.0 Å². The van der Waals surface area contributed by atoms with Crippen LogP contribution in [-0.4, -0.2) is 70.8 Å². The first kappa shape index (κ1) is 28.7. The molecule has 216 valence electrons. The minimum Gasteiger partial charge on any atom is -0.369 e. The fourth-order valence-corrected chi connectivity index (χ4v) is 5.06. The minimum atomic E-state index is -4.75. The van der Waals surface area contributed by atoms with E-state index < -0.39 is 25.8 Å². The zero-order valence-electron chi connectivity index (χ0n) is 22.3. The summed E-state index contributed by atoms with van der Waals surface area (Å²) in [6, 6.07) is 9.92. The molecule has 1 fully saturated rings. The summed E-state index contributed by atoms with van der Waals surface area (Å²) in [5.41, 5.74) is 2.24. The van der Waals surface area contributed by atoms with Crippen molar-refractivity contribution in [3.63, 3.8) is 0 Å². The topological polar surface area (TPSA) is 123 Å². The summed E-state index contributed by atoms with van der Waals surface area (Å²) >= 11 is 0. The highest BCUT2D eigenvalue weighted by molar-refractivity contribution is 7.32. The zero-order chi connectivity index (χ0) is 29.3. The summed E-state index contributed by atoms with van der Waals surface area (Å²) in [6.07, 6.45) is -4.07. The number of rotatable bonds is 8. The normalized spacial score (nSPS) is 16.1. The van der Waals surface area contributed by atoms with E-state index in [0.29, 0.717) is 29.6 Å². The molecule has 1 saturated heterocycles. The first-order chi connectivity index (χ1) is 19.5. The highest BCUT2D eigenvalue weighted by Gasteiger charge is 2.37. The summed E-state index contributed by atoms with van der Waals surface area (Å²) in [5, 5.41) is 5.64. The summed E-state index contributed by atoms with van der Waals surface area (Å²) < 4.78 is 57.3. The number of nitrogens with one attached hydrogen (secondary N) is 2. The number of amides is 1. The number of aromatic nitrogens is 2. The van der Waals surface area contributed by atoms with E-state index in [2.05, 4.69) is 34.9 Å². The van der Waals surface area contributed by atoms with Crippen LogP contribution >= 0.6 is 8.25 Å². The molecular formula is C26H28F3N7O4P+. The van der Waals surface area contributed by atoms with Gasteiger partial charge in [0, 0.05) is 67.5 Å². The molecular weight excluding hydrogens is 562 g/mol. The van der Waals surface area contributed by atoms with Crippen LogP contribution in [0.2, 0.25) is 0 Å². The molecule has 41 heavy (non-hydrogen) atoms. The number of carbonyl (C=O) groups excluding carboxylic acids is 1. The van der Waals surface area contributed by atoms with Crippen LogP contribution in [-0.2, 0) is 28.4 Å². The molecule has 2 aliphatic heterocycles. The summed E-state index contributed by atoms with van der Waals surface area (Å²) in [5.74, 6) is -0.880. The maximum atomic E-state index is 14.0. The van der Waals surface area contributed by atoms with Crippen LogP contribution in [0.3, 0.4) is 0 Å². The number of likely N-dealkylation sites (N-methyl/N-ethyl adjacent to an activating group) is 1. The molecule has 5 rings (SSSR count). The Morgan fingerprint density at radius 3 is 2.41 bits per heavy atom. The lowest BCUT2D eigenvalue weighted by atomic mass is 10.0. The van der Waals surface area contributed by atoms with Gasteiger partial charge in [0.15, 0.2) is 0 Å². The third-order valence-electron chi connectivity index (χ3n) is 6.99. The lowest BCUT2D eigenvalue weighted by molar-refractivity contribution is -0.137. The van der Waals surface area contributed by atoms with Gasteiger partial charge in [0.25, 0.3) is 5.91 Å². The van der Waals surface area contributed by atoms with Gasteiger partial charge in [0.2, 0.25) is 5.95 Å². The molecule has 3 heterocycles. The molecule has 1 amide bonds. The van der Waals surface area contributed by atoms with E-state index in [-0.39, 0.29) is 24.1 Å². The molecule has 2 aromatic carbocycles. The monoisotopic (exact) mass is 590 g/mol. The first-order valence-electron chi connectivity index (χ1n) is 12.7. The Kier molecular flexibility index (Phi) is 8.09. The minimum absolute atomic E-state index is 0.0807. The van der Waals surface area contributed by atoms with E-state index in [1.165, 1.54) is 0 Å². The molecule has 3 aromatic rings. The second-order valence-electron chi connectivity index (χ2n) is 9.85. The van der Waals surface area contributed by atoms with Gasteiger partial charge in [-0.3, -0.25) is 4.79 Å². The van der Waals surface area contributed by atoms with E-state index in [1.54, 1.807) is 42.3 Å². The Morgan fingerprint density at radius 2 is 1.76 bits per heavy atom. The average Bonchev–Trinajstić information content (AvgIpc) is 3.23. The van der Waals surface area contributed by atoms with Crippen molar-refractivity contribution in [2.24, 2.45) is 0 Å². The smallest absolute Gasteiger partial charge is 0.369 e. The number of nitrogens with zero attached hydrogens (tertiary/aromatic N) is 5. The fraction of sp³-hybridized carbons (Fsp3) is 0.346. The number of halogens is 3. The Hall–Kier alpha value is -3.84. The molecule has 0 bridgehead atoms. The highest BCUT2D eigenvalue weighted by Crippen LogP contribution is 2.40. The largest absolute Gasteiger partial charge is 0.695 e. The number of benzene rings is 2. The Bertz CT molecular complexity index is 1460.